The van der Waals surface area contributed by atoms with Crippen LogP contribution in [0.15, 0.2) is 12.2 Å². The SMILES string of the molecule is C=C(C)C(=O)OC1CCC(C#CC2CCC(C3CCC(CCCC)CC3)CC2)CC1. The average molecular weight is 413 g/mol. The predicted molar refractivity (Wildman–Crippen MR) is 125 cm³/mol. The molecule has 0 spiro atoms. The molecule has 0 aromatic carbocycles. The van der Waals surface area contributed by atoms with Crippen molar-refractivity contribution in [2.45, 2.75) is 116 Å². The number of hydrogen-bond donors (Lipinski definition) is 0. The van der Waals surface area contributed by atoms with Crippen LogP contribution in [0, 0.1) is 41.4 Å². The Morgan fingerprint density at radius 1 is 0.833 bits per heavy atom. The Labute approximate surface area is 185 Å². The maximum atomic E-state index is 11.7. The third-order valence-corrected chi connectivity index (χ3v) is 8.08. The van der Waals surface area contributed by atoms with Crippen LogP contribution >= 0.6 is 0 Å². The van der Waals surface area contributed by atoms with Gasteiger partial charge >= 0.3 is 5.97 Å². The molecule has 3 aliphatic rings. The molecule has 0 unspecified atom stereocenters. The summed E-state index contributed by atoms with van der Waals surface area (Å²) in [5.74, 6) is 11.2. The Balaban J connectivity index is 1.33. The molecule has 3 rings (SSSR count). The highest BCUT2D eigenvalue weighted by Gasteiger charge is 2.30. The quantitative estimate of drug-likeness (QED) is 0.257. The summed E-state index contributed by atoms with van der Waals surface area (Å²) in [4.78, 5) is 11.7. The molecule has 0 N–H and O–H groups in total. The van der Waals surface area contributed by atoms with Crippen LogP contribution in [0.5, 0.6) is 0 Å². The van der Waals surface area contributed by atoms with Gasteiger partial charge < -0.3 is 4.74 Å². The fourth-order valence-corrected chi connectivity index (χ4v) is 5.99. The van der Waals surface area contributed by atoms with Crippen LogP contribution in [0.4, 0.5) is 0 Å². The van der Waals surface area contributed by atoms with Gasteiger partial charge in [-0.25, -0.2) is 4.79 Å². The lowest BCUT2D eigenvalue weighted by atomic mass is 9.68. The maximum Gasteiger partial charge on any atom is 0.333 e. The molecule has 3 fully saturated rings. The minimum atomic E-state index is -0.240. The summed E-state index contributed by atoms with van der Waals surface area (Å²) in [7, 11) is 0. The number of hydrogen-bond acceptors (Lipinski definition) is 2. The van der Waals surface area contributed by atoms with E-state index in [0.29, 0.717) is 17.4 Å². The zero-order valence-electron chi connectivity index (χ0n) is 19.6. The summed E-state index contributed by atoms with van der Waals surface area (Å²) in [5.41, 5.74) is 0.497. The molecule has 0 amide bonds. The monoisotopic (exact) mass is 412 g/mol. The highest BCUT2D eigenvalue weighted by atomic mass is 16.5. The minimum absolute atomic E-state index is 0.0692. The summed E-state index contributed by atoms with van der Waals surface area (Å²) in [6.07, 6.45) is 19.8. The standard InChI is InChI=1S/C28H44O2/c1-4-5-6-22-9-15-25(16-10-22)26-17-11-23(12-18-26)7-8-24-13-19-27(20-14-24)30-28(29)21(2)3/h22-27H,2,4-6,9-20H2,1,3H3. The number of ether oxygens (including phenoxy) is 1. The van der Waals surface area contributed by atoms with Crippen molar-refractivity contribution in [3.63, 3.8) is 0 Å². The van der Waals surface area contributed by atoms with Gasteiger partial charge in [-0.2, -0.15) is 0 Å². The molecule has 0 aromatic heterocycles. The highest BCUT2D eigenvalue weighted by Crippen LogP contribution is 2.42. The van der Waals surface area contributed by atoms with Crippen molar-refractivity contribution in [2.75, 3.05) is 0 Å². The van der Waals surface area contributed by atoms with Crippen LogP contribution in [-0.4, -0.2) is 12.1 Å². The van der Waals surface area contributed by atoms with Gasteiger partial charge in [0.2, 0.25) is 0 Å². The van der Waals surface area contributed by atoms with Gasteiger partial charge in [-0.05, 0) is 88.9 Å². The van der Waals surface area contributed by atoms with Crippen molar-refractivity contribution in [2.24, 2.45) is 29.6 Å². The summed E-state index contributed by atoms with van der Waals surface area (Å²) in [5, 5.41) is 0. The molecule has 2 nitrogen and oxygen atoms in total. The molecule has 168 valence electrons. The predicted octanol–water partition coefficient (Wildman–Crippen LogP) is 7.47. The molecule has 0 aliphatic heterocycles. The van der Waals surface area contributed by atoms with Crippen LogP contribution in [-0.2, 0) is 9.53 Å². The van der Waals surface area contributed by atoms with E-state index in [2.05, 4.69) is 25.3 Å². The van der Waals surface area contributed by atoms with Crippen molar-refractivity contribution in [1.82, 2.24) is 0 Å². The molecular weight excluding hydrogens is 368 g/mol. The first kappa shape index (κ1) is 23.4. The normalized spacial score (nSPS) is 34.5. The Hall–Kier alpha value is -1.23. The molecule has 3 saturated carbocycles. The van der Waals surface area contributed by atoms with Crippen LogP contribution < -0.4 is 0 Å². The van der Waals surface area contributed by atoms with E-state index in [1.54, 1.807) is 6.92 Å². The third kappa shape index (κ3) is 7.18. The molecule has 0 atom stereocenters. The van der Waals surface area contributed by atoms with Crippen molar-refractivity contribution in [3.05, 3.63) is 12.2 Å². The van der Waals surface area contributed by atoms with E-state index >= 15 is 0 Å². The first-order chi connectivity index (χ1) is 14.5. The van der Waals surface area contributed by atoms with Crippen LogP contribution in [0.3, 0.4) is 0 Å². The summed E-state index contributed by atoms with van der Waals surface area (Å²) in [6.45, 7) is 7.70. The fraction of sp³-hybridized carbons (Fsp3) is 0.821. The van der Waals surface area contributed by atoms with Crippen LogP contribution in [0.25, 0.3) is 0 Å². The zero-order valence-corrected chi connectivity index (χ0v) is 19.6. The van der Waals surface area contributed by atoms with Crippen molar-refractivity contribution in [1.29, 1.82) is 0 Å². The van der Waals surface area contributed by atoms with E-state index < -0.39 is 0 Å². The van der Waals surface area contributed by atoms with Crippen molar-refractivity contribution >= 4 is 5.97 Å². The van der Waals surface area contributed by atoms with Gasteiger partial charge in [0.1, 0.15) is 6.10 Å². The van der Waals surface area contributed by atoms with E-state index in [-0.39, 0.29) is 12.1 Å². The fourth-order valence-electron chi connectivity index (χ4n) is 5.99. The van der Waals surface area contributed by atoms with Gasteiger partial charge in [-0.3, -0.25) is 0 Å². The van der Waals surface area contributed by atoms with E-state index in [9.17, 15) is 4.79 Å². The van der Waals surface area contributed by atoms with E-state index in [0.717, 1.165) is 43.4 Å². The first-order valence-corrected chi connectivity index (χ1v) is 12.9. The Bertz CT molecular complexity index is 600. The van der Waals surface area contributed by atoms with Gasteiger partial charge in [0.25, 0.3) is 0 Å². The third-order valence-electron chi connectivity index (χ3n) is 8.08. The van der Waals surface area contributed by atoms with Gasteiger partial charge in [0.05, 0.1) is 0 Å². The Morgan fingerprint density at radius 2 is 1.33 bits per heavy atom. The molecule has 3 aliphatic carbocycles. The number of carbonyl (C=O) groups is 1. The number of carbonyl (C=O) groups excluding carboxylic acids is 1. The molecule has 0 aromatic rings. The average Bonchev–Trinajstić information content (AvgIpc) is 2.78. The molecule has 2 heteroatoms. The first-order valence-electron chi connectivity index (χ1n) is 12.9. The maximum absolute atomic E-state index is 11.7. The molecule has 0 radical (unpaired) electrons. The second kappa shape index (κ2) is 12.0. The molecule has 0 saturated heterocycles. The van der Waals surface area contributed by atoms with E-state index in [1.165, 1.54) is 70.6 Å². The summed E-state index contributed by atoms with van der Waals surface area (Å²) in [6, 6.07) is 0. The van der Waals surface area contributed by atoms with E-state index in [1.807, 2.05) is 0 Å². The van der Waals surface area contributed by atoms with Crippen LogP contribution in [0.1, 0.15) is 110 Å². The topological polar surface area (TPSA) is 26.3 Å². The van der Waals surface area contributed by atoms with Gasteiger partial charge in [-0.15, -0.1) is 0 Å². The van der Waals surface area contributed by atoms with Gasteiger partial charge in [0.15, 0.2) is 0 Å². The largest absolute Gasteiger partial charge is 0.459 e. The molecule has 0 heterocycles. The smallest absolute Gasteiger partial charge is 0.333 e. The summed E-state index contributed by atoms with van der Waals surface area (Å²) < 4.78 is 5.50. The lowest BCUT2D eigenvalue weighted by Crippen LogP contribution is -2.26. The Morgan fingerprint density at radius 3 is 1.83 bits per heavy atom. The highest BCUT2D eigenvalue weighted by molar-refractivity contribution is 5.87. The number of rotatable bonds is 6. The lowest BCUT2D eigenvalue weighted by Gasteiger charge is -2.37. The lowest BCUT2D eigenvalue weighted by molar-refractivity contribution is -0.145. The molecule has 30 heavy (non-hydrogen) atoms. The van der Waals surface area contributed by atoms with Gasteiger partial charge in [0, 0.05) is 17.4 Å². The van der Waals surface area contributed by atoms with E-state index in [4.69, 9.17) is 4.74 Å². The zero-order chi connectivity index (χ0) is 21.3. The summed E-state index contributed by atoms with van der Waals surface area (Å²) >= 11 is 0. The minimum Gasteiger partial charge on any atom is -0.459 e. The second-order valence-electron chi connectivity index (χ2n) is 10.5. The number of unbranched alkanes of at least 4 members (excludes halogenated alkanes) is 1. The number of esters is 1. The molecular formula is C28H44O2. The van der Waals surface area contributed by atoms with Crippen molar-refractivity contribution in [3.8, 4) is 11.8 Å². The Kier molecular flexibility index (Phi) is 9.35. The van der Waals surface area contributed by atoms with Crippen LogP contribution in [0.2, 0.25) is 0 Å². The van der Waals surface area contributed by atoms with Crippen molar-refractivity contribution < 1.29 is 9.53 Å². The molecule has 0 bridgehead atoms. The van der Waals surface area contributed by atoms with Gasteiger partial charge in [-0.1, -0.05) is 57.4 Å². The second-order valence-corrected chi connectivity index (χ2v) is 10.5.